The molecule has 0 aromatic heterocycles. The van der Waals surface area contributed by atoms with E-state index in [9.17, 15) is 0 Å². The lowest BCUT2D eigenvalue weighted by Gasteiger charge is -1.80. The van der Waals surface area contributed by atoms with E-state index in [1.54, 1.807) is 0 Å². The van der Waals surface area contributed by atoms with Crippen molar-refractivity contribution in [3.05, 3.63) is 23.1 Å². The molecule has 0 heterocycles. The highest BCUT2D eigenvalue weighted by molar-refractivity contribution is 4.97. The van der Waals surface area contributed by atoms with Crippen LogP contribution in [0.15, 0.2) is 23.1 Å². The standard InChI is InChI=1S/C8H12O/c1-3-4-5-6-8(2)7-9/h4,9H,3,7H2,1-2H3. The van der Waals surface area contributed by atoms with E-state index in [0.717, 1.165) is 12.0 Å². The Morgan fingerprint density at radius 2 is 2.33 bits per heavy atom. The Balaban J connectivity index is 4.06. The summed E-state index contributed by atoms with van der Waals surface area (Å²) in [6.07, 6.45) is 2.84. The van der Waals surface area contributed by atoms with Gasteiger partial charge in [0, 0.05) is 5.57 Å². The quantitative estimate of drug-likeness (QED) is 0.555. The van der Waals surface area contributed by atoms with Gasteiger partial charge in [0.15, 0.2) is 0 Å². The van der Waals surface area contributed by atoms with Crippen molar-refractivity contribution >= 4 is 0 Å². The summed E-state index contributed by atoms with van der Waals surface area (Å²) in [7, 11) is 0. The van der Waals surface area contributed by atoms with Crippen molar-refractivity contribution < 1.29 is 5.11 Å². The molecule has 0 rings (SSSR count). The first-order chi connectivity index (χ1) is 4.31. The van der Waals surface area contributed by atoms with Crippen LogP contribution in [-0.4, -0.2) is 11.7 Å². The van der Waals surface area contributed by atoms with Gasteiger partial charge in [-0.1, -0.05) is 18.4 Å². The smallest absolute Gasteiger partial charge is 0.0719 e. The van der Waals surface area contributed by atoms with Gasteiger partial charge in [0.05, 0.1) is 6.61 Å². The zero-order valence-corrected chi connectivity index (χ0v) is 5.94. The van der Waals surface area contributed by atoms with Crippen molar-refractivity contribution in [3.8, 4) is 0 Å². The maximum absolute atomic E-state index is 8.48. The second kappa shape index (κ2) is 5.40. The fraction of sp³-hybridized carbons (Fsp3) is 0.500. The first-order valence-corrected chi connectivity index (χ1v) is 3.07. The molecule has 0 aliphatic carbocycles. The Kier molecular flexibility index (Phi) is 4.95. The molecule has 0 fully saturated rings. The van der Waals surface area contributed by atoms with E-state index in [-0.39, 0.29) is 6.61 Å². The van der Waals surface area contributed by atoms with Crippen molar-refractivity contribution in [1.29, 1.82) is 0 Å². The van der Waals surface area contributed by atoms with Gasteiger partial charge < -0.3 is 5.11 Å². The van der Waals surface area contributed by atoms with E-state index in [2.05, 4.69) is 11.5 Å². The Morgan fingerprint density at radius 3 is 2.78 bits per heavy atom. The van der Waals surface area contributed by atoms with Crippen molar-refractivity contribution in [2.24, 2.45) is 0 Å². The maximum atomic E-state index is 8.48. The van der Waals surface area contributed by atoms with E-state index in [4.69, 9.17) is 5.11 Å². The van der Waals surface area contributed by atoms with Gasteiger partial charge in [0.1, 0.15) is 0 Å². The molecule has 0 unspecified atom stereocenters. The predicted molar refractivity (Wildman–Crippen MR) is 38.2 cm³/mol. The molecule has 0 atom stereocenters. The third-order valence-corrected chi connectivity index (χ3v) is 0.829. The Labute approximate surface area is 56.0 Å². The molecule has 0 aromatic carbocycles. The molecule has 50 valence electrons. The molecule has 9 heavy (non-hydrogen) atoms. The fourth-order valence-electron chi connectivity index (χ4n) is 0.316. The largest absolute Gasteiger partial charge is 0.391 e. The Hall–Kier alpha value is -0.740. The minimum Gasteiger partial charge on any atom is -0.391 e. The number of hydrogen-bond donors (Lipinski definition) is 1. The van der Waals surface area contributed by atoms with Crippen LogP contribution in [0.25, 0.3) is 0 Å². The molecule has 0 amide bonds. The zero-order chi connectivity index (χ0) is 7.11. The van der Waals surface area contributed by atoms with Crippen molar-refractivity contribution in [1.82, 2.24) is 0 Å². The van der Waals surface area contributed by atoms with Gasteiger partial charge in [0.2, 0.25) is 0 Å². The fourth-order valence-corrected chi connectivity index (χ4v) is 0.316. The zero-order valence-electron chi connectivity index (χ0n) is 5.94. The van der Waals surface area contributed by atoms with Gasteiger partial charge in [-0.3, -0.25) is 0 Å². The monoisotopic (exact) mass is 124 g/mol. The van der Waals surface area contributed by atoms with E-state index >= 15 is 0 Å². The summed E-state index contributed by atoms with van der Waals surface area (Å²) in [5, 5.41) is 8.48. The lowest BCUT2D eigenvalue weighted by Crippen LogP contribution is -1.78. The molecular weight excluding hydrogens is 112 g/mol. The van der Waals surface area contributed by atoms with Crippen LogP contribution < -0.4 is 0 Å². The molecule has 0 saturated heterocycles. The summed E-state index contributed by atoms with van der Waals surface area (Å²) in [5.74, 6) is 0. The van der Waals surface area contributed by atoms with Crippen LogP contribution in [0.3, 0.4) is 0 Å². The minimum atomic E-state index is 0.0740. The lowest BCUT2D eigenvalue weighted by molar-refractivity contribution is 0.331. The highest BCUT2D eigenvalue weighted by atomic mass is 16.3. The maximum Gasteiger partial charge on any atom is 0.0719 e. The summed E-state index contributed by atoms with van der Waals surface area (Å²) in [6, 6.07) is 0. The third-order valence-electron chi connectivity index (χ3n) is 0.829. The first kappa shape index (κ1) is 8.26. The van der Waals surface area contributed by atoms with Gasteiger partial charge in [-0.05, 0) is 19.4 Å². The van der Waals surface area contributed by atoms with Crippen LogP contribution in [0.2, 0.25) is 0 Å². The average Bonchev–Trinajstić information content (AvgIpc) is 1.89. The van der Waals surface area contributed by atoms with Crippen LogP contribution in [0.4, 0.5) is 0 Å². The molecule has 0 bridgehead atoms. The Morgan fingerprint density at radius 1 is 1.67 bits per heavy atom. The van der Waals surface area contributed by atoms with Crippen LogP contribution in [-0.2, 0) is 0 Å². The normalized spacial score (nSPS) is 7.44. The second-order valence-electron chi connectivity index (χ2n) is 1.82. The molecule has 0 aromatic rings. The molecule has 0 spiro atoms. The van der Waals surface area contributed by atoms with E-state index in [0.29, 0.717) is 0 Å². The summed E-state index contributed by atoms with van der Waals surface area (Å²) >= 11 is 0. The molecule has 0 aliphatic heterocycles. The van der Waals surface area contributed by atoms with Gasteiger partial charge >= 0.3 is 0 Å². The number of allylic oxidation sites excluding steroid dienone is 1. The average molecular weight is 124 g/mol. The number of rotatable bonds is 2. The molecule has 1 heteroatoms. The molecule has 0 radical (unpaired) electrons. The van der Waals surface area contributed by atoms with E-state index in [1.807, 2.05) is 19.9 Å². The van der Waals surface area contributed by atoms with E-state index < -0.39 is 0 Å². The van der Waals surface area contributed by atoms with Crippen LogP contribution in [0.1, 0.15) is 20.3 Å². The van der Waals surface area contributed by atoms with Crippen LogP contribution >= 0.6 is 0 Å². The molecule has 1 N–H and O–H groups in total. The number of aliphatic hydroxyl groups excluding tert-OH is 1. The van der Waals surface area contributed by atoms with Crippen molar-refractivity contribution in [2.45, 2.75) is 20.3 Å². The highest BCUT2D eigenvalue weighted by Crippen LogP contribution is 1.83. The van der Waals surface area contributed by atoms with E-state index in [1.165, 1.54) is 0 Å². The second-order valence-corrected chi connectivity index (χ2v) is 1.82. The predicted octanol–water partition coefficient (Wildman–Crippen LogP) is 1.65. The molecule has 0 saturated carbocycles. The molecule has 0 aliphatic rings. The summed E-state index contributed by atoms with van der Waals surface area (Å²) in [6.45, 7) is 3.92. The summed E-state index contributed by atoms with van der Waals surface area (Å²) in [5.41, 5.74) is 6.43. The van der Waals surface area contributed by atoms with Gasteiger partial charge in [-0.15, -0.1) is 0 Å². The Bertz CT molecular complexity index is 155. The SMILES string of the molecule is CCC=C=C=C(C)CO. The molecular formula is C8H12O. The van der Waals surface area contributed by atoms with Crippen molar-refractivity contribution in [3.63, 3.8) is 0 Å². The van der Waals surface area contributed by atoms with Gasteiger partial charge in [0.25, 0.3) is 0 Å². The summed E-state index contributed by atoms with van der Waals surface area (Å²) < 4.78 is 0. The minimum absolute atomic E-state index is 0.0740. The van der Waals surface area contributed by atoms with Crippen LogP contribution in [0, 0.1) is 0 Å². The first-order valence-electron chi connectivity index (χ1n) is 3.07. The van der Waals surface area contributed by atoms with Gasteiger partial charge in [-0.2, -0.15) is 0 Å². The lowest BCUT2D eigenvalue weighted by atomic mass is 10.3. The van der Waals surface area contributed by atoms with Gasteiger partial charge in [-0.25, -0.2) is 0 Å². The topological polar surface area (TPSA) is 20.2 Å². The molecule has 1 nitrogen and oxygen atoms in total. The highest BCUT2D eigenvalue weighted by Gasteiger charge is 1.75. The number of aliphatic hydroxyl groups is 1. The van der Waals surface area contributed by atoms with Crippen LogP contribution in [0.5, 0.6) is 0 Å². The van der Waals surface area contributed by atoms with Crippen molar-refractivity contribution in [2.75, 3.05) is 6.61 Å². The number of hydrogen-bond acceptors (Lipinski definition) is 1. The third kappa shape index (κ3) is 5.13. The summed E-state index contributed by atoms with van der Waals surface area (Å²) in [4.78, 5) is 0.